The van der Waals surface area contributed by atoms with E-state index in [0.717, 1.165) is 62.0 Å². The van der Waals surface area contributed by atoms with Gasteiger partial charge in [0.1, 0.15) is 0 Å². The molecule has 4 aliphatic carbocycles. The van der Waals surface area contributed by atoms with Crippen molar-refractivity contribution in [2.75, 3.05) is 19.1 Å². The smallest absolute Gasteiger partial charge is 0.264 e. The van der Waals surface area contributed by atoms with Crippen LogP contribution in [0.15, 0.2) is 0 Å². The lowest BCUT2D eigenvalue weighted by Crippen LogP contribution is -2.54. The molecule has 33 heavy (non-hydrogen) atoms. The Labute approximate surface area is 201 Å². The highest BCUT2D eigenvalue weighted by Gasteiger charge is 2.60. The Morgan fingerprint density at radius 1 is 0.788 bits per heavy atom. The average molecular weight is 505 g/mol. The Morgan fingerprint density at radius 2 is 1.48 bits per heavy atom. The van der Waals surface area contributed by atoms with E-state index in [-0.39, 0.29) is 6.10 Å². The van der Waals surface area contributed by atoms with Gasteiger partial charge in [0, 0.05) is 0 Å². The van der Waals surface area contributed by atoms with Crippen molar-refractivity contribution in [1.29, 1.82) is 0 Å². The lowest BCUT2D eigenvalue weighted by Gasteiger charge is -2.61. The van der Waals surface area contributed by atoms with E-state index >= 15 is 0 Å². The van der Waals surface area contributed by atoms with Gasteiger partial charge in [0.15, 0.2) is 0 Å². The molecule has 0 heterocycles. The second kappa shape index (κ2) is 9.36. The monoisotopic (exact) mass is 504 g/mol. The Hall–Kier alpha value is -0.180. The van der Waals surface area contributed by atoms with Crippen LogP contribution in [0.1, 0.15) is 90.9 Å². The number of hydrogen-bond donors (Lipinski definition) is 0. The maximum atomic E-state index is 11.7. The van der Waals surface area contributed by atoms with E-state index in [1.807, 2.05) is 0 Å². The molecule has 0 unspecified atom stereocenters. The maximum absolute atomic E-state index is 11.7. The predicted octanol–water partition coefficient (Wildman–Crippen LogP) is 5.14. The molecule has 4 aliphatic rings. The second-order valence-electron chi connectivity index (χ2n) is 12.2. The van der Waals surface area contributed by atoms with E-state index in [9.17, 15) is 16.8 Å². The van der Waals surface area contributed by atoms with Gasteiger partial charge >= 0.3 is 0 Å². The van der Waals surface area contributed by atoms with E-state index in [2.05, 4.69) is 13.8 Å². The highest BCUT2D eigenvalue weighted by Crippen LogP contribution is 2.68. The zero-order valence-electron chi connectivity index (χ0n) is 20.9. The summed E-state index contributed by atoms with van der Waals surface area (Å²) in [6, 6.07) is 0. The van der Waals surface area contributed by atoms with Gasteiger partial charge in [-0.05, 0) is 111 Å². The molecule has 0 N–H and O–H groups in total. The first-order valence-corrected chi connectivity index (χ1v) is 16.7. The van der Waals surface area contributed by atoms with Crippen LogP contribution in [-0.2, 0) is 28.6 Å². The fourth-order valence-corrected chi connectivity index (χ4v) is 9.93. The summed E-state index contributed by atoms with van der Waals surface area (Å²) in [5.74, 6) is 3.68. The van der Waals surface area contributed by atoms with E-state index in [0.29, 0.717) is 23.4 Å². The van der Waals surface area contributed by atoms with Crippen LogP contribution in [0.25, 0.3) is 0 Å². The van der Waals surface area contributed by atoms with Crippen LogP contribution in [0, 0.1) is 40.4 Å². The molecule has 0 bridgehead atoms. The normalized spacial score (nSPS) is 43.5. The predicted molar refractivity (Wildman–Crippen MR) is 130 cm³/mol. The van der Waals surface area contributed by atoms with Crippen LogP contribution in [0.5, 0.6) is 0 Å². The lowest BCUT2D eigenvalue weighted by molar-refractivity contribution is -0.124. The molecule has 0 aromatic heterocycles. The minimum atomic E-state index is -3.39. The third-order valence-electron chi connectivity index (χ3n) is 10.4. The number of fused-ring (bicyclic) bond motifs is 5. The van der Waals surface area contributed by atoms with Crippen LogP contribution < -0.4 is 0 Å². The zero-order chi connectivity index (χ0) is 24.1. The van der Waals surface area contributed by atoms with Gasteiger partial charge < -0.3 is 0 Å². The Morgan fingerprint density at radius 3 is 2.18 bits per heavy atom. The summed E-state index contributed by atoms with van der Waals surface area (Å²) in [6.45, 7) is 5.35. The minimum Gasteiger partial charge on any atom is -0.270 e. The summed E-state index contributed by atoms with van der Waals surface area (Å²) >= 11 is 0. The molecule has 192 valence electrons. The molecule has 0 radical (unpaired) electrons. The summed E-state index contributed by atoms with van der Waals surface area (Å²) in [4.78, 5) is 0. The fourth-order valence-electron chi connectivity index (χ4n) is 8.84. The van der Waals surface area contributed by atoms with Crippen molar-refractivity contribution in [3.63, 3.8) is 0 Å². The largest absolute Gasteiger partial charge is 0.270 e. The molecule has 0 spiro atoms. The van der Waals surface area contributed by atoms with Gasteiger partial charge in [-0.1, -0.05) is 20.3 Å². The van der Waals surface area contributed by atoms with Gasteiger partial charge in [-0.15, -0.1) is 0 Å². The molecule has 0 amide bonds. The molecule has 0 saturated heterocycles. The second-order valence-corrected chi connectivity index (χ2v) is 15.4. The number of unbranched alkanes of at least 4 members (excludes halogenated alkanes) is 1. The van der Waals surface area contributed by atoms with E-state index in [1.54, 1.807) is 0 Å². The van der Waals surface area contributed by atoms with Crippen molar-refractivity contribution in [2.24, 2.45) is 40.4 Å². The molecule has 6 nitrogen and oxygen atoms in total. The van der Waals surface area contributed by atoms with E-state index in [1.165, 1.54) is 51.2 Å². The Balaban J connectivity index is 1.36. The van der Waals surface area contributed by atoms with Gasteiger partial charge in [0.25, 0.3) is 20.2 Å². The van der Waals surface area contributed by atoms with Crippen molar-refractivity contribution >= 4 is 20.2 Å². The van der Waals surface area contributed by atoms with Crippen LogP contribution >= 0.6 is 0 Å². The zero-order valence-corrected chi connectivity index (χ0v) is 22.6. The van der Waals surface area contributed by atoms with E-state index < -0.39 is 20.2 Å². The van der Waals surface area contributed by atoms with Gasteiger partial charge in [-0.2, -0.15) is 16.8 Å². The molecule has 4 fully saturated rings. The van der Waals surface area contributed by atoms with Gasteiger partial charge in [0.2, 0.25) is 0 Å². The molecule has 8 heteroatoms. The first kappa shape index (κ1) is 25.9. The average Bonchev–Trinajstić information content (AvgIpc) is 3.02. The van der Waals surface area contributed by atoms with Crippen molar-refractivity contribution in [1.82, 2.24) is 0 Å². The minimum absolute atomic E-state index is 0.133. The standard InChI is InChI=1S/C25H44O6S2/c1-24-15-13-23-21(22(24)11-9-18(24)7-5-6-16-30-32(3,26)27)10-8-19-17-20(31-33(4,28)29)12-14-25(19,23)2/h18-23H,5-17H2,1-4H3/t18-,19+,20+,21-,22-,23-,24+,25-/m0/s1. The summed E-state index contributed by atoms with van der Waals surface area (Å²) in [7, 11) is -6.72. The molecule has 0 aliphatic heterocycles. The van der Waals surface area contributed by atoms with Crippen LogP contribution in [0.2, 0.25) is 0 Å². The highest BCUT2D eigenvalue weighted by atomic mass is 32.2. The van der Waals surface area contributed by atoms with Gasteiger partial charge in [0.05, 0.1) is 25.2 Å². The van der Waals surface area contributed by atoms with E-state index in [4.69, 9.17) is 8.37 Å². The summed E-state index contributed by atoms with van der Waals surface area (Å²) in [6.07, 6.45) is 15.8. The molecule has 4 saturated carbocycles. The quantitative estimate of drug-likeness (QED) is 0.336. The third-order valence-corrected chi connectivity index (χ3v) is 11.6. The van der Waals surface area contributed by atoms with Crippen LogP contribution in [0.3, 0.4) is 0 Å². The third kappa shape index (κ3) is 5.49. The summed E-state index contributed by atoms with van der Waals surface area (Å²) in [5, 5.41) is 0. The van der Waals surface area contributed by atoms with Crippen molar-refractivity contribution in [2.45, 2.75) is 97.0 Å². The lowest BCUT2D eigenvalue weighted by atomic mass is 9.44. The highest BCUT2D eigenvalue weighted by molar-refractivity contribution is 7.86. The molecule has 8 atom stereocenters. The number of rotatable bonds is 8. The van der Waals surface area contributed by atoms with Crippen molar-refractivity contribution < 1.29 is 25.2 Å². The first-order chi connectivity index (χ1) is 15.3. The Kier molecular flexibility index (Phi) is 7.35. The van der Waals surface area contributed by atoms with Crippen LogP contribution in [0.4, 0.5) is 0 Å². The Bertz CT molecular complexity index is 915. The molecular formula is C25H44O6S2. The van der Waals surface area contributed by atoms with Crippen molar-refractivity contribution in [3.8, 4) is 0 Å². The molecule has 0 aromatic rings. The topological polar surface area (TPSA) is 86.7 Å². The molecule has 0 aromatic carbocycles. The summed E-state index contributed by atoms with van der Waals surface area (Å²) in [5.41, 5.74) is 0.737. The maximum Gasteiger partial charge on any atom is 0.264 e. The van der Waals surface area contributed by atoms with Gasteiger partial charge in [-0.25, -0.2) is 0 Å². The van der Waals surface area contributed by atoms with Crippen molar-refractivity contribution in [3.05, 3.63) is 0 Å². The van der Waals surface area contributed by atoms with Crippen LogP contribution in [-0.4, -0.2) is 42.1 Å². The molecule has 4 rings (SSSR count). The SMILES string of the molecule is C[C@]12CC[C@@H](OS(C)(=O)=O)C[C@H]1CC[C@@H]1[C@@H]2CC[C@]2(C)[C@@H](CCCCOS(C)(=O)=O)CC[C@@H]12. The van der Waals surface area contributed by atoms with Gasteiger partial charge in [-0.3, -0.25) is 8.37 Å². The number of hydrogen-bond acceptors (Lipinski definition) is 6. The fraction of sp³-hybridized carbons (Fsp3) is 1.00. The first-order valence-electron chi connectivity index (χ1n) is 13.0. The molecular weight excluding hydrogens is 460 g/mol. The summed E-state index contributed by atoms with van der Waals surface area (Å²) < 4.78 is 56.0.